The minimum absolute atomic E-state index is 0.533. The van der Waals surface area contributed by atoms with Crippen LogP contribution in [0.5, 0.6) is 5.88 Å². The average molecular weight is 387 g/mol. The Morgan fingerprint density at radius 2 is 1.96 bits per heavy atom. The van der Waals surface area contributed by atoms with E-state index in [1.165, 1.54) is 17.3 Å². The van der Waals surface area contributed by atoms with Crippen molar-refractivity contribution in [3.8, 4) is 5.88 Å². The molecule has 0 aromatic carbocycles. The molecule has 1 aliphatic rings. The molecule has 0 radical (unpaired) electrons. The highest BCUT2D eigenvalue weighted by atomic mass is 32.1. The molecule has 10 heteroatoms. The number of hydrogen-bond acceptors (Lipinski definition) is 8. The lowest BCUT2D eigenvalue weighted by molar-refractivity contribution is -0.159. The van der Waals surface area contributed by atoms with Crippen molar-refractivity contribution in [2.75, 3.05) is 40.0 Å². The van der Waals surface area contributed by atoms with Gasteiger partial charge in [-0.15, -0.1) is 4.37 Å². The van der Waals surface area contributed by atoms with Crippen molar-refractivity contribution in [2.45, 2.75) is 26.2 Å². The molecular weight excluding hydrogens is 362 g/mol. The van der Waals surface area contributed by atoms with Crippen LogP contribution in [-0.4, -0.2) is 75.8 Å². The lowest BCUT2D eigenvalue weighted by atomic mass is 10.1. The number of ether oxygens (including phenoxy) is 2. The van der Waals surface area contributed by atoms with Gasteiger partial charge in [-0.05, 0) is 25.5 Å². The molecule has 0 saturated carbocycles. The van der Waals surface area contributed by atoms with E-state index < -0.39 is 11.9 Å². The van der Waals surface area contributed by atoms with Crippen LogP contribution in [0.15, 0.2) is 6.08 Å². The Hall–Kier alpha value is -2.04. The summed E-state index contributed by atoms with van der Waals surface area (Å²) >= 11 is 1.21. The number of rotatable bonds is 8. The van der Waals surface area contributed by atoms with Gasteiger partial charge in [-0.1, -0.05) is 19.4 Å². The Labute approximate surface area is 156 Å². The zero-order valence-corrected chi connectivity index (χ0v) is 15.8. The molecule has 0 bridgehead atoms. The highest BCUT2D eigenvalue weighted by Gasteiger charge is 2.18. The molecule has 0 spiro atoms. The standard InChI is InChI=1S/C14H23N3O2S.C2H2O4/c1-3-4-8-18-9-10-19-14-13(15-20-16-14)12-6-5-7-17(2)11-12;3-1(4)2(5)6/h6H,3-5,7-11H2,1-2H3;(H,3,4)(H,5,6). The number of unbranched alkanes of at least 4 members (excludes halogenated alkanes) is 1. The van der Waals surface area contributed by atoms with Gasteiger partial charge in [0.15, 0.2) is 0 Å². The van der Waals surface area contributed by atoms with Crippen LogP contribution in [0.1, 0.15) is 31.9 Å². The summed E-state index contributed by atoms with van der Waals surface area (Å²) in [4.78, 5) is 20.5. The van der Waals surface area contributed by atoms with E-state index in [0.717, 1.165) is 44.7 Å². The van der Waals surface area contributed by atoms with E-state index in [1.54, 1.807) is 0 Å². The Balaban J connectivity index is 0.000000487. The monoisotopic (exact) mass is 387 g/mol. The number of hydrogen-bond donors (Lipinski definition) is 2. The zero-order valence-electron chi connectivity index (χ0n) is 15.0. The molecule has 0 saturated heterocycles. The molecule has 146 valence electrons. The predicted octanol–water partition coefficient (Wildman–Crippen LogP) is 1.61. The summed E-state index contributed by atoms with van der Waals surface area (Å²) in [7, 11) is 2.12. The van der Waals surface area contributed by atoms with E-state index in [4.69, 9.17) is 29.3 Å². The summed E-state index contributed by atoms with van der Waals surface area (Å²) in [5.74, 6) is -3.00. The summed E-state index contributed by atoms with van der Waals surface area (Å²) < 4.78 is 19.8. The highest BCUT2D eigenvalue weighted by Crippen LogP contribution is 2.26. The third-order valence-corrected chi connectivity index (χ3v) is 3.91. The van der Waals surface area contributed by atoms with E-state index in [9.17, 15) is 0 Å². The Kier molecular flexibility index (Phi) is 10.4. The minimum atomic E-state index is -1.82. The summed E-state index contributed by atoms with van der Waals surface area (Å²) in [5.41, 5.74) is 2.12. The van der Waals surface area contributed by atoms with E-state index in [0.29, 0.717) is 19.1 Å². The van der Waals surface area contributed by atoms with Gasteiger partial charge in [0.25, 0.3) is 5.88 Å². The third kappa shape index (κ3) is 8.37. The van der Waals surface area contributed by atoms with Gasteiger partial charge in [-0.2, -0.15) is 4.37 Å². The Bertz CT molecular complexity index is 593. The molecule has 0 atom stereocenters. The number of aliphatic carboxylic acids is 2. The van der Waals surface area contributed by atoms with Crippen molar-refractivity contribution in [3.05, 3.63) is 11.8 Å². The fourth-order valence-electron chi connectivity index (χ4n) is 2.08. The van der Waals surface area contributed by atoms with Crippen molar-refractivity contribution in [3.63, 3.8) is 0 Å². The molecule has 26 heavy (non-hydrogen) atoms. The van der Waals surface area contributed by atoms with E-state index in [-0.39, 0.29) is 0 Å². The minimum Gasteiger partial charge on any atom is -0.473 e. The first-order valence-corrected chi connectivity index (χ1v) is 9.06. The van der Waals surface area contributed by atoms with Crippen molar-refractivity contribution < 1.29 is 29.3 Å². The van der Waals surface area contributed by atoms with Crippen LogP contribution < -0.4 is 4.74 Å². The van der Waals surface area contributed by atoms with Crippen molar-refractivity contribution >= 4 is 29.2 Å². The molecule has 2 N–H and O–H groups in total. The van der Waals surface area contributed by atoms with Crippen LogP contribution in [0.25, 0.3) is 5.57 Å². The van der Waals surface area contributed by atoms with E-state index in [2.05, 4.69) is 33.7 Å². The SMILES string of the molecule is CCCCOCCOc1nsnc1C1=CCCN(C)C1.O=C(O)C(=O)O. The maximum Gasteiger partial charge on any atom is 0.414 e. The Morgan fingerprint density at radius 3 is 2.58 bits per heavy atom. The van der Waals surface area contributed by atoms with Gasteiger partial charge in [0.2, 0.25) is 0 Å². The number of nitrogens with zero attached hydrogens (tertiary/aromatic N) is 3. The molecule has 1 aromatic rings. The number of likely N-dealkylation sites (N-methyl/N-ethyl adjacent to an activating group) is 1. The summed E-state index contributed by atoms with van der Waals surface area (Å²) in [6.45, 7) is 6.11. The highest BCUT2D eigenvalue weighted by molar-refractivity contribution is 6.99. The van der Waals surface area contributed by atoms with E-state index >= 15 is 0 Å². The fourth-order valence-corrected chi connectivity index (χ4v) is 2.61. The van der Waals surface area contributed by atoms with Gasteiger partial charge in [0, 0.05) is 19.7 Å². The number of carbonyl (C=O) groups is 2. The predicted molar refractivity (Wildman–Crippen MR) is 96.5 cm³/mol. The van der Waals surface area contributed by atoms with Crippen LogP contribution in [0, 0.1) is 0 Å². The molecule has 0 unspecified atom stereocenters. The van der Waals surface area contributed by atoms with Crippen molar-refractivity contribution in [1.29, 1.82) is 0 Å². The summed E-state index contributed by atoms with van der Waals surface area (Å²) in [5, 5.41) is 14.8. The maximum absolute atomic E-state index is 9.10. The molecule has 2 rings (SSSR count). The molecule has 0 aliphatic carbocycles. The van der Waals surface area contributed by atoms with Crippen LogP contribution in [0.3, 0.4) is 0 Å². The van der Waals surface area contributed by atoms with Gasteiger partial charge in [0.05, 0.1) is 18.3 Å². The maximum atomic E-state index is 9.10. The van der Waals surface area contributed by atoms with Crippen LogP contribution in [-0.2, 0) is 14.3 Å². The first kappa shape index (κ1) is 22.0. The van der Waals surface area contributed by atoms with Gasteiger partial charge < -0.3 is 24.6 Å². The lowest BCUT2D eigenvalue weighted by Gasteiger charge is -2.22. The lowest BCUT2D eigenvalue weighted by Crippen LogP contribution is -2.25. The van der Waals surface area contributed by atoms with Gasteiger partial charge in [0.1, 0.15) is 12.3 Å². The third-order valence-electron chi connectivity index (χ3n) is 3.40. The fraction of sp³-hybridized carbons (Fsp3) is 0.625. The molecule has 0 amide bonds. The molecule has 2 heterocycles. The molecular formula is C16H25N3O6S. The van der Waals surface area contributed by atoms with Gasteiger partial charge in [-0.3, -0.25) is 0 Å². The molecule has 1 aliphatic heterocycles. The second-order valence-electron chi connectivity index (χ2n) is 5.60. The quantitative estimate of drug-likeness (QED) is 0.506. The second-order valence-corrected chi connectivity index (χ2v) is 6.13. The molecule has 1 aromatic heterocycles. The van der Waals surface area contributed by atoms with Crippen LogP contribution in [0.2, 0.25) is 0 Å². The molecule has 9 nitrogen and oxygen atoms in total. The topological polar surface area (TPSA) is 122 Å². The van der Waals surface area contributed by atoms with E-state index in [1.807, 2.05) is 0 Å². The summed E-state index contributed by atoms with van der Waals surface area (Å²) in [6.07, 6.45) is 5.55. The number of aromatic nitrogens is 2. The molecule has 0 fully saturated rings. The smallest absolute Gasteiger partial charge is 0.414 e. The largest absolute Gasteiger partial charge is 0.473 e. The normalized spacial score (nSPS) is 14.2. The first-order chi connectivity index (χ1) is 12.5. The first-order valence-electron chi connectivity index (χ1n) is 8.33. The average Bonchev–Trinajstić information content (AvgIpc) is 3.07. The zero-order chi connectivity index (χ0) is 19.4. The van der Waals surface area contributed by atoms with Gasteiger partial charge in [-0.25, -0.2) is 9.59 Å². The number of carboxylic acid groups (broad SMARTS) is 2. The van der Waals surface area contributed by atoms with Crippen LogP contribution in [0.4, 0.5) is 0 Å². The van der Waals surface area contributed by atoms with Gasteiger partial charge >= 0.3 is 11.9 Å². The van der Waals surface area contributed by atoms with Crippen molar-refractivity contribution in [1.82, 2.24) is 13.6 Å². The van der Waals surface area contributed by atoms with Crippen LogP contribution >= 0.6 is 11.7 Å². The van der Waals surface area contributed by atoms with Crippen molar-refractivity contribution in [2.24, 2.45) is 0 Å². The Morgan fingerprint density at radius 1 is 1.23 bits per heavy atom. The number of carboxylic acids is 2. The second kappa shape index (κ2) is 12.3. The summed E-state index contributed by atoms with van der Waals surface area (Å²) in [6, 6.07) is 0.